The predicted octanol–water partition coefficient (Wildman–Crippen LogP) is 10.6. The zero-order chi connectivity index (χ0) is 27.0. The topological polar surface area (TPSA) is 3.24 Å². The lowest BCUT2D eigenvalue weighted by molar-refractivity contribution is 0.734. The molecule has 1 heteroatoms. The first-order valence-corrected chi connectivity index (χ1v) is 13.9. The summed E-state index contributed by atoms with van der Waals surface area (Å²) in [5.41, 5.74) is 12.5. The van der Waals surface area contributed by atoms with Gasteiger partial charge in [0.2, 0.25) is 0 Å². The molecule has 0 spiro atoms. The molecule has 0 aliphatic heterocycles. The van der Waals surface area contributed by atoms with E-state index in [1.54, 1.807) is 0 Å². The second-order valence-electron chi connectivity index (χ2n) is 10.4. The van der Waals surface area contributed by atoms with E-state index in [0.29, 0.717) is 0 Å². The van der Waals surface area contributed by atoms with Gasteiger partial charge in [0.25, 0.3) is 0 Å². The van der Waals surface area contributed by atoms with Crippen molar-refractivity contribution < 1.29 is 0 Å². The highest BCUT2D eigenvalue weighted by atomic mass is 15.1. The third-order valence-corrected chi connectivity index (χ3v) is 7.37. The summed E-state index contributed by atoms with van der Waals surface area (Å²) >= 11 is 0. The molecular weight excluding hydrogens is 470 g/mol. The molecule has 0 radical (unpaired) electrons. The van der Waals surface area contributed by atoms with E-state index >= 15 is 0 Å². The SMILES string of the molecule is C=Cc1ccc(CCCCc2ccc(N(c3ccc(C)cc3)c3ccc(C)cc3)c(-c3ccccc3)c2)cc1. The van der Waals surface area contributed by atoms with Crippen LogP contribution in [0.15, 0.2) is 128 Å². The summed E-state index contributed by atoms with van der Waals surface area (Å²) in [5.74, 6) is 0. The Morgan fingerprint density at radius 3 is 1.69 bits per heavy atom. The fraction of sp³-hybridized carbons (Fsp3) is 0.158. The standard InChI is InChI=1S/C38H37N/c1-4-31-18-20-32(21-19-31)10-8-9-11-33-22-27-38(37(28-33)34-12-6-5-7-13-34)39(35-23-14-29(2)15-24-35)36-25-16-30(3)17-26-36/h4-7,12-28H,1,8-11H2,2-3H3. The Hall–Kier alpha value is -4.36. The van der Waals surface area contributed by atoms with Crippen LogP contribution >= 0.6 is 0 Å². The van der Waals surface area contributed by atoms with E-state index in [0.717, 1.165) is 30.6 Å². The molecule has 0 amide bonds. The number of nitrogens with zero attached hydrogens (tertiary/aromatic N) is 1. The van der Waals surface area contributed by atoms with Crippen molar-refractivity contribution in [2.24, 2.45) is 0 Å². The summed E-state index contributed by atoms with van der Waals surface area (Å²) < 4.78 is 0. The predicted molar refractivity (Wildman–Crippen MR) is 169 cm³/mol. The highest BCUT2D eigenvalue weighted by Crippen LogP contribution is 2.41. The van der Waals surface area contributed by atoms with Gasteiger partial charge < -0.3 is 4.90 Å². The number of anilines is 3. The van der Waals surface area contributed by atoms with E-state index in [-0.39, 0.29) is 0 Å². The van der Waals surface area contributed by atoms with Gasteiger partial charge in [-0.2, -0.15) is 0 Å². The van der Waals surface area contributed by atoms with Crippen molar-refractivity contribution in [3.63, 3.8) is 0 Å². The summed E-state index contributed by atoms with van der Waals surface area (Å²) in [6, 6.07) is 44.2. The van der Waals surface area contributed by atoms with E-state index in [1.165, 1.54) is 51.1 Å². The van der Waals surface area contributed by atoms with Crippen molar-refractivity contribution >= 4 is 23.1 Å². The molecule has 0 aliphatic carbocycles. The van der Waals surface area contributed by atoms with Crippen LogP contribution in [0, 0.1) is 13.8 Å². The van der Waals surface area contributed by atoms with Crippen LogP contribution in [0.25, 0.3) is 17.2 Å². The second kappa shape index (κ2) is 12.5. The summed E-state index contributed by atoms with van der Waals surface area (Å²) in [4.78, 5) is 2.39. The summed E-state index contributed by atoms with van der Waals surface area (Å²) in [5, 5.41) is 0. The van der Waals surface area contributed by atoms with Crippen LogP contribution in [0.1, 0.15) is 40.7 Å². The molecular formula is C38H37N. The lowest BCUT2D eigenvalue weighted by atomic mass is 9.96. The van der Waals surface area contributed by atoms with E-state index in [1.807, 2.05) is 6.08 Å². The quantitative estimate of drug-likeness (QED) is 0.170. The van der Waals surface area contributed by atoms with Gasteiger partial charge in [0.1, 0.15) is 0 Å². The normalized spacial score (nSPS) is 10.8. The number of benzene rings is 5. The van der Waals surface area contributed by atoms with Gasteiger partial charge in [0.05, 0.1) is 5.69 Å². The second-order valence-corrected chi connectivity index (χ2v) is 10.4. The Kier molecular flexibility index (Phi) is 8.39. The minimum atomic E-state index is 1.07. The molecule has 0 atom stereocenters. The Morgan fingerprint density at radius 2 is 1.13 bits per heavy atom. The number of rotatable bonds is 10. The number of aryl methyl sites for hydroxylation is 4. The van der Waals surface area contributed by atoms with Crippen molar-refractivity contribution in [1.82, 2.24) is 0 Å². The zero-order valence-electron chi connectivity index (χ0n) is 23.1. The van der Waals surface area contributed by atoms with Crippen molar-refractivity contribution in [2.75, 3.05) is 4.90 Å². The molecule has 0 saturated heterocycles. The van der Waals surface area contributed by atoms with Gasteiger partial charge in [-0.15, -0.1) is 0 Å². The molecule has 0 aliphatic rings. The van der Waals surface area contributed by atoms with E-state index in [4.69, 9.17) is 0 Å². The van der Waals surface area contributed by atoms with Crippen LogP contribution in [0.3, 0.4) is 0 Å². The molecule has 0 N–H and O–H groups in total. The number of unbranched alkanes of at least 4 members (excludes halogenated alkanes) is 1. The highest BCUT2D eigenvalue weighted by Gasteiger charge is 2.17. The fourth-order valence-electron chi connectivity index (χ4n) is 5.08. The molecule has 0 heterocycles. The molecule has 5 aromatic carbocycles. The Morgan fingerprint density at radius 1 is 0.590 bits per heavy atom. The maximum atomic E-state index is 3.85. The zero-order valence-corrected chi connectivity index (χ0v) is 23.1. The smallest absolute Gasteiger partial charge is 0.0540 e. The Bertz CT molecular complexity index is 1450. The van der Waals surface area contributed by atoms with Crippen LogP contribution < -0.4 is 4.90 Å². The average Bonchev–Trinajstić information content (AvgIpc) is 2.98. The Balaban J connectivity index is 1.45. The summed E-state index contributed by atoms with van der Waals surface area (Å²) in [6.07, 6.45) is 6.41. The van der Waals surface area contributed by atoms with Crippen LogP contribution in [0.2, 0.25) is 0 Å². The van der Waals surface area contributed by atoms with Gasteiger partial charge >= 0.3 is 0 Å². The molecule has 194 valence electrons. The largest absolute Gasteiger partial charge is 0.310 e. The fourth-order valence-corrected chi connectivity index (χ4v) is 5.08. The van der Waals surface area contributed by atoms with E-state index < -0.39 is 0 Å². The molecule has 0 unspecified atom stereocenters. The molecule has 5 rings (SSSR count). The van der Waals surface area contributed by atoms with Gasteiger partial charge in [-0.25, -0.2) is 0 Å². The molecule has 5 aromatic rings. The molecule has 0 aromatic heterocycles. The molecule has 0 fully saturated rings. The summed E-state index contributed by atoms with van der Waals surface area (Å²) in [6.45, 7) is 8.13. The first-order valence-electron chi connectivity index (χ1n) is 13.9. The minimum absolute atomic E-state index is 1.07. The third-order valence-electron chi connectivity index (χ3n) is 7.37. The van der Waals surface area contributed by atoms with Gasteiger partial charge in [-0.3, -0.25) is 0 Å². The Labute approximate surface area is 234 Å². The maximum Gasteiger partial charge on any atom is 0.0540 e. The van der Waals surface area contributed by atoms with Crippen LogP contribution in [-0.2, 0) is 12.8 Å². The third kappa shape index (κ3) is 6.56. The molecule has 1 nitrogen and oxygen atoms in total. The number of hydrogen-bond acceptors (Lipinski definition) is 1. The first-order chi connectivity index (χ1) is 19.1. The van der Waals surface area contributed by atoms with E-state index in [9.17, 15) is 0 Å². The van der Waals surface area contributed by atoms with Crippen LogP contribution in [0.5, 0.6) is 0 Å². The monoisotopic (exact) mass is 507 g/mol. The van der Waals surface area contributed by atoms with Crippen molar-refractivity contribution in [2.45, 2.75) is 39.5 Å². The highest BCUT2D eigenvalue weighted by molar-refractivity contribution is 5.88. The molecule has 0 saturated carbocycles. The molecule has 39 heavy (non-hydrogen) atoms. The van der Waals surface area contributed by atoms with Gasteiger partial charge in [-0.05, 0) is 98.2 Å². The van der Waals surface area contributed by atoms with Gasteiger partial charge in [-0.1, -0.05) is 109 Å². The van der Waals surface area contributed by atoms with Crippen molar-refractivity contribution in [1.29, 1.82) is 0 Å². The van der Waals surface area contributed by atoms with E-state index in [2.05, 4.69) is 147 Å². The maximum absolute atomic E-state index is 3.85. The number of hydrogen-bond donors (Lipinski definition) is 0. The molecule has 0 bridgehead atoms. The van der Waals surface area contributed by atoms with Crippen LogP contribution in [-0.4, -0.2) is 0 Å². The van der Waals surface area contributed by atoms with Crippen molar-refractivity contribution in [3.8, 4) is 11.1 Å². The van der Waals surface area contributed by atoms with Gasteiger partial charge in [0.15, 0.2) is 0 Å². The van der Waals surface area contributed by atoms with Crippen molar-refractivity contribution in [3.05, 3.63) is 156 Å². The first kappa shape index (κ1) is 26.3. The van der Waals surface area contributed by atoms with Crippen LogP contribution in [0.4, 0.5) is 17.1 Å². The lowest BCUT2D eigenvalue weighted by Crippen LogP contribution is -2.11. The lowest BCUT2D eigenvalue weighted by Gasteiger charge is -2.28. The summed E-state index contributed by atoms with van der Waals surface area (Å²) in [7, 11) is 0. The van der Waals surface area contributed by atoms with Gasteiger partial charge in [0, 0.05) is 16.9 Å². The average molecular weight is 508 g/mol. The minimum Gasteiger partial charge on any atom is -0.310 e.